The predicted molar refractivity (Wildman–Crippen MR) is 72.3 cm³/mol. The average molecular weight is 321 g/mol. The second kappa shape index (κ2) is 6.03. The Kier molecular flexibility index (Phi) is 3.92. The molecule has 0 aliphatic rings. The Morgan fingerprint density at radius 1 is 1.17 bits per heavy atom. The number of halogens is 3. The third-order valence-electron chi connectivity index (χ3n) is 2.97. The molecule has 118 valence electrons. The standard InChI is InChI=1S/C14H10F3N5O/c1-8-11(16)5-18-14(19-8)23-7-9-6-22(21-20-9)12-4-2-3-10(15)13(12)17/h2-6H,7H2,1H3. The lowest BCUT2D eigenvalue weighted by Gasteiger charge is -2.03. The number of nitrogens with zero attached hydrogens (tertiary/aromatic N) is 5. The summed E-state index contributed by atoms with van der Waals surface area (Å²) in [6.45, 7) is 1.43. The Labute approximate surface area is 128 Å². The van der Waals surface area contributed by atoms with Crippen molar-refractivity contribution in [1.29, 1.82) is 0 Å². The zero-order chi connectivity index (χ0) is 16.4. The van der Waals surface area contributed by atoms with Crippen molar-refractivity contribution in [2.24, 2.45) is 0 Å². The maximum atomic E-state index is 13.7. The first kappa shape index (κ1) is 14.9. The van der Waals surface area contributed by atoms with Gasteiger partial charge in [0.15, 0.2) is 17.5 Å². The molecule has 0 bridgehead atoms. The van der Waals surface area contributed by atoms with E-state index in [1.165, 1.54) is 25.3 Å². The van der Waals surface area contributed by atoms with Crippen LogP contribution in [-0.2, 0) is 6.61 Å². The molecule has 0 unspecified atom stereocenters. The first-order valence-corrected chi connectivity index (χ1v) is 6.52. The van der Waals surface area contributed by atoms with Crippen LogP contribution in [-0.4, -0.2) is 25.0 Å². The van der Waals surface area contributed by atoms with Crippen LogP contribution in [0.5, 0.6) is 6.01 Å². The molecule has 0 fully saturated rings. The van der Waals surface area contributed by atoms with Crippen LogP contribution in [0.15, 0.2) is 30.6 Å². The fraction of sp³-hybridized carbons (Fsp3) is 0.143. The molecule has 1 aromatic carbocycles. The van der Waals surface area contributed by atoms with E-state index in [4.69, 9.17) is 4.74 Å². The Balaban J connectivity index is 1.74. The van der Waals surface area contributed by atoms with E-state index in [2.05, 4.69) is 20.3 Å². The lowest BCUT2D eigenvalue weighted by Crippen LogP contribution is -2.02. The number of aryl methyl sites for hydroxylation is 1. The summed E-state index contributed by atoms with van der Waals surface area (Å²) in [5.41, 5.74) is 0.428. The number of hydrogen-bond acceptors (Lipinski definition) is 5. The van der Waals surface area contributed by atoms with Gasteiger partial charge in [-0.1, -0.05) is 11.3 Å². The molecule has 0 amide bonds. The van der Waals surface area contributed by atoms with Gasteiger partial charge in [-0.15, -0.1) is 5.10 Å². The SMILES string of the molecule is Cc1nc(OCc2cn(-c3cccc(F)c3F)nn2)ncc1F. The predicted octanol–water partition coefficient (Wildman–Crippen LogP) is 2.36. The fourth-order valence-electron chi connectivity index (χ4n) is 1.79. The van der Waals surface area contributed by atoms with Gasteiger partial charge in [0.2, 0.25) is 0 Å². The number of aromatic nitrogens is 5. The molecule has 0 spiro atoms. The van der Waals surface area contributed by atoms with Crippen LogP contribution < -0.4 is 4.74 Å². The van der Waals surface area contributed by atoms with E-state index in [-0.39, 0.29) is 24.0 Å². The molecular formula is C14H10F3N5O. The molecule has 9 heteroatoms. The molecule has 0 aliphatic carbocycles. The van der Waals surface area contributed by atoms with Gasteiger partial charge in [-0.3, -0.25) is 0 Å². The van der Waals surface area contributed by atoms with Crippen LogP contribution in [0.25, 0.3) is 5.69 Å². The summed E-state index contributed by atoms with van der Waals surface area (Å²) in [5, 5.41) is 7.50. The van der Waals surface area contributed by atoms with Crippen LogP contribution in [0.4, 0.5) is 13.2 Å². The molecule has 0 saturated carbocycles. The zero-order valence-corrected chi connectivity index (χ0v) is 11.9. The van der Waals surface area contributed by atoms with E-state index >= 15 is 0 Å². The van der Waals surface area contributed by atoms with E-state index < -0.39 is 17.5 Å². The number of ether oxygens (including phenoxy) is 1. The summed E-state index contributed by atoms with van der Waals surface area (Å²) in [5.74, 6) is -2.54. The van der Waals surface area contributed by atoms with Crippen LogP contribution in [0, 0.1) is 24.4 Å². The second-order valence-corrected chi connectivity index (χ2v) is 4.60. The Hall–Kier alpha value is -2.97. The maximum Gasteiger partial charge on any atom is 0.317 e. The highest BCUT2D eigenvalue weighted by atomic mass is 19.2. The van der Waals surface area contributed by atoms with Gasteiger partial charge in [0.1, 0.15) is 18.0 Å². The molecule has 2 aromatic heterocycles. The van der Waals surface area contributed by atoms with Crippen molar-refractivity contribution >= 4 is 0 Å². The molecule has 0 atom stereocenters. The summed E-state index contributed by atoms with van der Waals surface area (Å²) < 4.78 is 46.3. The van der Waals surface area contributed by atoms with Crippen molar-refractivity contribution < 1.29 is 17.9 Å². The van der Waals surface area contributed by atoms with Crippen molar-refractivity contribution in [3.05, 3.63) is 59.4 Å². The van der Waals surface area contributed by atoms with Crippen LogP contribution in [0.2, 0.25) is 0 Å². The minimum atomic E-state index is -1.03. The molecule has 6 nitrogen and oxygen atoms in total. The van der Waals surface area contributed by atoms with E-state index in [1.807, 2.05) is 0 Å². The van der Waals surface area contributed by atoms with Gasteiger partial charge in [-0.25, -0.2) is 22.8 Å². The lowest BCUT2D eigenvalue weighted by molar-refractivity contribution is 0.274. The first-order chi connectivity index (χ1) is 11.0. The number of benzene rings is 1. The second-order valence-electron chi connectivity index (χ2n) is 4.60. The first-order valence-electron chi connectivity index (χ1n) is 6.52. The Morgan fingerprint density at radius 2 is 2.00 bits per heavy atom. The van der Waals surface area contributed by atoms with Gasteiger partial charge in [0.05, 0.1) is 18.1 Å². The van der Waals surface area contributed by atoms with E-state index in [1.54, 1.807) is 0 Å². The van der Waals surface area contributed by atoms with Gasteiger partial charge in [0, 0.05) is 0 Å². The minimum absolute atomic E-state index is 0.0182. The molecule has 23 heavy (non-hydrogen) atoms. The van der Waals surface area contributed by atoms with Crippen molar-refractivity contribution in [2.75, 3.05) is 0 Å². The highest BCUT2D eigenvalue weighted by Gasteiger charge is 2.12. The smallest absolute Gasteiger partial charge is 0.317 e. The topological polar surface area (TPSA) is 65.7 Å². The zero-order valence-electron chi connectivity index (χ0n) is 11.9. The molecule has 0 aliphatic heterocycles. The Morgan fingerprint density at radius 3 is 2.78 bits per heavy atom. The monoisotopic (exact) mass is 321 g/mol. The summed E-state index contributed by atoms with van der Waals surface area (Å²) in [6.07, 6.45) is 2.38. The van der Waals surface area contributed by atoms with Gasteiger partial charge >= 0.3 is 6.01 Å². The molecule has 0 N–H and O–H groups in total. The van der Waals surface area contributed by atoms with Crippen LogP contribution in [0.3, 0.4) is 0 Å². The summed E-state index contributed by atoms with van der Waals surface area (Å²) in [4.78, 5) is 7.48. The molecular weight excluding hydrogens is 311 g/mol. The summed E-state index contributed by atoms with van der Waals surface area (Å²) in [7, 11) is 0. The van der Waals surface area contributed by atoms with Gasteiger partial charge in [-0.05, 0) is 19.1 Å². The summed E-state index contributed by atoms with van der Waals surface area (Å²) in [6, 6.07) is 3.72. The van der Waals surface area contributed by atoms with E-state index in [0.29, 0.717) is 5.69 Å². The molecule has 3 rings (SSSR count). The van der Waals surface area contributed by atoms with Crippen LogP contribution >= 0.6 is 0 Å². The number of rotatable bonds is 4. The minimum Gasteiger partial charge on any atom is -0.457 e. The van der Waals surface area contributed by atoms with Gasteiger partial charge in [0.25, 0.3) is 0 Å². The van der Waals surface area contributed by atoms with Gasteiger partial charge in [-0.2, -0.15) is 4.98 Å². The fourth-order valence-corrected chi connectivity index (χ4v) is 1.79. The third-order valence-corrected chi connectivity index (χ3v) is 2.97. The van der Waals surface area contributed by atoms with E-state index in [0.717, 1.165) is 16.9 Å². The maximum absolute atomic E-state index is 13.7. The highest BCUT2D eigenvalue weighted by molar-refractivity contribution is 5.33. The largest absolute Gasteiger partial charge is 0.457 e. The third kappa shape index (κ3) is 3.12. The van der Waals surface area contributed by atoms with Crippen molar-refractivity contribution in [3.63, 3.8) is 0 Å². The lowest BCUT2D eigenvalue weighted by atomic mass is 10.3. The molecule has 3 aromatic rings. The quantitative estimate of drug-likeness (QED) is 0.738. The summed E-state index contributed by atoms with van der Waals surface area (Å²) >= 11 is 0. The molecule has 0 radical (unpaired) electrons. The normalized spacial score (nSPS) is 10.8. The van der Waals surface area contributed by atoms with Crippen LogP contribution in [0.1, 0.15) is 11.4 Å². The Bertz CT molecular complexity index is 852. The van der Waals surface area contributed by atoms with E-state index in [9.17, 15) is 13.2 Å². The van der Waals surface area contributed by atoms with Crippen molar-refractivity contribution in [3.8, 4) is 11.7 Å². The van der Waals surface area contributed by atoms with Gasteiger partial charge < -0.3 is 4.74 Å². The van der Waals surface area contributed by atoms with Crippen molar-refractivity contribution in [2.45, 2.75) is 13.5 Å². The molecule has 0 saturated heterocycles. The van der Waals surface area contributed by atoms with Crippen molar-refractivity contribution in [1.82, 2.24) is 25.0 Å². The number of hydrogen-bond donors (Lipinski definition) is 0. The highest BCUT2D eigenvalue weighted by Crippen LogP contribution is 2.15. The molecule has 2 heterocycles. The average Bonchev–Trinajstić information content (AvgIpc) is 3.00.